The van der Waals surface area contributed by atoms with E-state index in [9.17, 15) is 0 Å². The Kier molecular flexibility index (Phi) is 6.82. The van der Waals surface area contributed by atoms with Crippen molar-refractivity contribution in [2.45, 2.75) is 20.3 Å². The molecule has 18 heavy (non-hydrogen) atoms. The second-order valence-electron chi connectivity index (χ2n) is 3.49. The van der Waals surface area contributed by atoms with E-state index in [1.807, 2.05) is 38.1 Å². The Balaban J connectivity index is 2.71. The van der Waals surface area contributed by atoms with E-state index in [4.69, 9.17) is 30.5 Å². The molecular formula is C12H19O4PS. The van der Waals surface area contributed by atoms with Crippen molar-refractivity contribution in [1.29, 1.82) is 0 Å². The summed E-state index contributed by atoms with van der Waals surface area (Å²) in [5.74, 6) is 0.627. The van der Waals surface area contributed by atoms with Crippen molar-refractivity contribution < 1.29 is 18.7 Å². The molecule has 0 saturated carbocycles. The molecule has 0 aromatic heterocycles. The molecule has 4 nitrogen and oxygen atoms in total. The summed E-state index contributed by atoms with van der Waals surface area (Å²) in [6.07, 6.45) is 0.630. The van der Waals surface area contributed by atoms with Crippen LogP contribution in [0.1, 0.15) is 19.4 Å². The fraction of sp³-hybridized carbons (Fsp3) is 0.500. The molecule has 0 spiro atoms. The summed E-state index contributed by atoms with van der Waals surface area (Å²) in [4.78, 5) is 0. The van der Waals surface area contributed by atoms with E-state index in [-0.39, 0.29) is 6.61 Å². The summed E-state index contributed by atoms with van der Waals surface area (Å²) in [7, 11) is 0. The lowest BCUT2D eigenvalue weighted by Gasteiger charge is -2.21. The Morgan fingerprint density at radius 1 is 1.11 bits per heavy atom. The minimum absolute atomic E-state index is 0.135. The van der Waals surface area contributed by atoms with Gasteiger partial charge in [0, 0.05) is 18.4 Å². The van der Waals surface area contributed by atoms with Crippen LogP contribution in [0, 0.1) is 0 Å². The summed E-state index contributed by atoms with van der Waals surface area (Å²) in [5, 5.41) is 8.83. The van der Waals surface area contributed by atoms with Gasteiger partial charge in [-0.25, -0.2) is 0 Å². The lowest BCUT2D eigenvalue weighted by Crippen LogP contribution is -2.02. The van der Waals surface area contributed by atoms with Crippen LogP contribution in [0.3, 0.4) is 0 Å². The first-order chi connectivity index (χ1) is 8.63. The Morgan fingerprint density at radius 2 is 1.67 bits per heavy atom. The average molecular weight is 290 g/mol. The summed E-state index contributed by atoms with van der Waals surface area (Å²) >= 11 is 5.27. The van der Waals surface area contributed by atoms with E-state index in [1.165, 1.54) is 0 Å². The van der Waals surface area contributed by atoms with Gasteiger partial charge in [0.15, 0.2) is 0 Å². The number of aliphatic hydroxyl groups excluding tert-OH is 1. The third-order valence-electron chi connectivity index (χ3n) is 2.12. The molecule has 102 valence electrons. The van der Waals surface area contributed by atoms with Crippen molar-refractivity contribution in [2.24, 2.45) is 0 Å². The minimum atomic E-state index is -2.69. The van der Waals surface area contributed by atoms with Gasteiger partial charge >= 0.3 is 6.72 Å². The fourth-order valence-corrected chi connectivity index (χ4v) is 3.46. The van der Waals surface area contributed by atoms with Gasteiger partial charge in [-0.2, -0.15) is 0 Å². The normalized spacial score (nSPS) is 11.5. The average Bonchev–Trinajstić information content (AvgIpc) is 2.32. The first-order valence-corrected chi connectivity index (χ1v) is 8.47. The molecule has 0 aliphatic carbocycles. The zero-order valence-corrected chi connectivity index (χ0v) is 12.4. The van der Waals surface area contributed by atoms with Crippen LogP contribution in [0.5, 0.6) is 5.75 Å². The third-order valence-corrected chi connectivity index (χ3v) is 4.55. The lowest BCUT2D eigenvalue weighted by atomic mass is 10.2. The number of benzene rings is 1. The van der Waals surface area contributed by atoms with Crippen molar-refractivity contribution in [3.05, 3.63) is 29.8 Å². The quantitative estimate of drug-likeness (QED) is 0.746. The van der Waals surface area contributed by atoms with Gasteiger partial charge in [-0.05, 0) is 38.0 Å². The maximum atomic E-state index is 8.83. The van der Waals surface area contributed by atoms with Crippen LogP contribution >= 0.6 is 6.72 Å². The van der Waals surface area contributed by atoms with Gasteiger partial charge in [0.05, 0.1) is 13.2 Å². The molecular weight excluding hydrogens is 271 g/mol. The van der Waals surface area contributed by atoms with Gasteiger partial charge in [-0.1, -0.05) is 12.1 Å². The first kappa shape index (κ1) is 15.6. The molecule has 0 radical (unpaired) electrons. The van der Waals surface area contributed by atoms with Crippen LogP contribution in [0.2, 0.25) is 0 Å². The van der Waals surface area contributed by atoms with Gasteiger partial charge in [0.25, 0.3) is 0 Å². The van der Waals surface area contributed by atoms with Crippen molar-refractivity contribution >= 4 is 18.5 Å². The molecule has 0 heterocycles. The smallest absolute Gasteiger partial charge is 0.380 e. The Hall–Kier alpha value is -0.450. The molecule has 0 unspecified atom stereocenters. The highest BCUT2D eigenvalue weighted by Crippen LogP contribution is 2.49. The molecule has 0 saturated heterocycles. The molecule has 6 heteroatoms. The van der Waals surface area contributed by atoms with Gasteiger partial charge in [0.2, 0.25) is 0 Å². The molecule has 1 aromatic rings. The van der Waals surface area contributed by atoms with Crippen LogP contribution in [-0.2, 0) is 27.3 Å². The molecule has 1 rings (SSSR count). The van der Waals surface area contributed by atoms with E-state index < -0.39 is 6.72 Å². The minimum Gasteiger partial charge on any atom is -0.424 e. The number of rotatable bonds is 8. The maximum Gasteiger partial charge on any atom is 0.380 e. The third kappa shape index (κ3) is 5.04. The number of hydrogen-bond donors (Lipinski definition) is 1. The van der Waals surface area contributed by atoms with Gasteiger partial charge in [-0.15, -0.1) is 0 Å². The highest BCUT2D eigenvalue weighted by molar-refractivity contribution is 8.07. The molecule has 0 amide bonds. The van der Waals surface area contributed by atoms with Crippen LogP contribution in [0.25, 0.3) is 0 Å². The summed E-state index contributed by atoms with van der Waals surface area (Å²) in [6.45, 7) is 2.07. The predicted molar refractivity (Wildman–Crippen MR) is 75.4 cm³/mol. The molecule has 0 aliphatic rings. The highest BCUT2D eigenvalue weighted by Gasteiger charge is 2.20. The highest BCUT2D eigenvalue weighted by atomic mass is 32.5. The molecule has 0 aliphatic heterocycles. The standard InChI is InChI=1S/C12H19O4PS/c1-3-14-17(18,15-4-2)16-12-7-5-11(6-8-12)9-10-13/h5-8,13H,3-4,9-10H2,1-2H3. The van der Waals surface area contributed by atoms with Crippen molar-refractivity contribution in [3.8, 4) is 5.75 Å². The van der Waals surface area contributed by atoms with Crippen molar-refractivity contribution in [1.82, 2.24) is 0 Å². The maximum absolute atomic E-state index is 8.83. The van der Waals surface area contributed by atoms with Gasteiger partial charge in [0.1, 0.15) is 5.75 Å². The zero-order valence-electron chi connectivity index (χ0n) is 10.7. The van der Waals surface area contributed by atoms with Gasteiger partial charge < -0.3 is 9.63 Å². The molecule has 0 atom stereocenters. The predicted octanol–water partition coefficient (Wildman–Crippen LogP) is 2.90. The van der Waals surface area contributed by atoms with Crippen LogP contribution in [0.4, 0.5) is 0 Å². The first-order valence-electron chi connectivity index (χ1n) is 5.92. The van der Waals surface area contributed by atoms with Crippen molar-refractivity contribution in [2.75, 3.05) is 19.8 Å². The Labute approximate surface area is 113 Å². The summed E-state index contributed by atoms with van der Waals surface area (Å²) in [5.41, 5.74) is 1.05. The molecule has 0 fully saturated rings. The van der Waals surface area contributed by atoms with Crippen LogP contribution in [-0.4, -0.2) is 24.9 Å². The number of hydrogen-bond acceptors (Lipinski definition) is 5. The van der Waals surface area contributed by atoms with E-state index in [0.717, 1.165) is 5.56 Å². The van der Waals surface area contributed by atoms with Crippen molar-refractivity contribution in [3.63, 3.8) is 0 Å². The topological polar surface area (TPSA) is 47.9 Å². The van der Waals surface area contributed by atoms with Gasteiger partial charge in [-0.3, -0.25) is 9.05 Å². The Bertz CT molecular complexity index is 384. The summed E-state index contributed by atoms with van der Waals surface area (Å²) < 4.78 is 16.4. The monoisotopic (exact) mass is 290 g/mol. The largest absolute Gasteiger partial charge is 0.424 e. The van der Waals surface area contributed by atoms with Crippen LogP contribution in [0.15, 0.2) is 24.3 Å². The van der Waals surface area contributed by atoms with E-state index in [1.54, 1.807) is 0 Å². The molecule has 1 aromatic carbocycles. The molecule has 1 N–H and O–H groups in total. The molecule has 0 bridgehead atoms. The number of aliphatic hydroxyl groups is 1. The fourth-order valence-electron chi connectivity index (χ4n) is 1.38. The second-order valence-corrected chi connectivity index (χ2v) is 6.43. The van der Waals surface area contributed by atoms with E-state index in [2.05, 4.69) is 0 Å². The summed E-state index contributed by atoms with van der Waals surface area (Å²) in [6, 6.07) is 7.40. The van der Waals surface area contributed by atoms with E-state index >= 15 is 0 Å². The van der Waals surface area contributed by atoms with Crippen LogP contribution < -0.4 is 4.52 Å². The second kappa shape index (κ2) is 7.87. The van der Waals surface area contributed by atoms with E-state index in [0.29, 0.717) is 25.4 Å². The Morgan fingerprint density at radius 3 is 2.11 bits per heavy atom. The SMILES string of the molecule is CCOP(=S)(OCC)Oc1ccc(CCO)cc1. The zero-order chi connectivity index (χ0) is 13.4. The lowest BCUT2D eigenvalue weighted by molar-refractivity contribution is 0.218.